The van der Waals surface area contributed by atoms with Crippen LogP contribution in [0, 0.1) is 0 Å². The van der Waals surface area contributed by atoms with Crippen molar-refractivity contribution in [1.82, 2.24) is 19.7 Å². The Kier molecular flexibility index (Phi) is 5.70. The van der Waals surface area contributed by atoms with E-state index in [9.17, 15) is 4.79 Å². The van der Waals surface area contributed by atoms with Gasteiger partial charge in [0.05, 0.1) is 11.5 Å². The van der Waals surface area contributed by atoms with Crippen molar-refractivity contribution in [3.63, 3.8) is 0 Å². The quantitative estimate of drug-likeness (QED) is 0.672. The molecule has 1 atom stereocenters. The zero-order valence-electron chi connectivity index (χ0n) is 16.5. The summed E-state index contributed by atoms with van der Waals surface area (Å²) in [6, 6.07) is 7.93. The topological polar surface area (TPSA) is 51.0 Å². The van der Waals surface area contributed by atoms with Crippen LogP contribution in [0.4, 0.5) is 0 Å². The summed E-state index contributed by atoms with van der Waals surface area (Å²) in [7, 11) is 2.00. The number of halogens is 1. The second kappa shape index (κ2) is 8.07. The summed E-state index contributed by atoms with van der Waals surface area (Å²) in [5.74, 6) is 1.16. The normalized spacial score (nSPS) is 21.8. The molecule has 150 valence electrons. The third-order valence-corrected chi connectivity index (χ3v) is 7.35. The first kappa shape index (κ1) is 19.8. The Balaban J connectivity index is 1.69. The van der Waals surface area contributed by atoms with Crippen molar-refractivity contribution >= 4 is 29.3 Å². The van der Waals surface area contributed by atoms with E-state index in [4.69, 9.17) is 11.6 Å². The van der Waals surface area contributed by atoms with Crippen molar-refractivity contribution in [1.29, 1.82) is 0 Å². The smallest absolute Gasteiger partial charge is 0.233 e. The van der Waals surface area contributed by atoms with E-state index in [2.05, 4.69) is 15.1 Å². The summed E-state index contributed by atoms with van der Waals surface area (Å²) >= 11 is 7.71. The van der Waals surface area contributed by atoms with Gasteiger partial charge in [0.1, 0.15) is 0 Å². The fourth-order valence-corrected chi connectivity index (χ4v) is 5.51. The van der Waals surface area contributed by atoms with E-state index < -0.39 is 5.41 Å². The number of nitrogens with zero attached hydrogens (tertiary/aromatic N) is 4. The molecule has 1 saturated heterocycles. The van der Waals surface area contributed by atoms with Gasteiger partial charge in [-0.25, -0.2) is 0 Å². The zero-order chi connectivity index (χ0) is 19.7. The predicted octanol–water partition coefficient (Wildman–Crippen LogP) is 4.76. The van der Waals surface area contributed by atoms with Crippen LogP contribution >= 0.6 is 23.4 Å². The Morgan fingerprint density at radius 1 is 1.14 bits per heavy atom. The Labute approximate surface area is 175 Å². The molecule has 1 aromatic heterocycles. The lowest BCUT2D eigenvalue weighted by Gasteiger charge is -2.40. The number of rotatable bonds is 4. The third-order valence-electron chi connectivity index (χ3n) is 6.38. The molecule has 28 heavy (non-hydrogen) atoms. The van der Waals surface area contributed by atoms with Crippen LogP contribution in [0.15, 0.2) is 29.4 Å². The molecule has 0 bridgehead atoms. The molecule has 1 aliphatic heterocycles. The first-order valence-corrected chi connectivity index (χ1v) is 11.7. The highest BCUT2D eigenvalue weighted by Crippen LogP contribution is 2.44. The SMILES string of the molecule is CSc1nnc(C2CCCN2C(=O)C2(c3ccc(Cl)cc3)CCCCC2)n1C. The molecule has 1 amide bonds. The van der Waals surface area contributed by atoms with E-state index in [1.54, 1.807) is 11.8 Å². The Bertz CT molecular complexity index is 845. The molecular formula is C21H27ClN4OS. The summed E-state index contributed by atoms with van der Waals surface area (Å²) in [6.07, 6.45) is 9.16. The maximum atomic E-state index is 14.0. The maximum absolute atomic E-state index is 14.0. The van der Waals surface area contributed by atoms with Crippen molar-refractivity contribution in [2.24, 2.45) is 7.05 Å². The molecule has 2 fully saturated rings. The lowest BCUT2D eigenvalue weighted by molar-refractivity contribution is -0.140. The highest BCUT2D eigenvalue weighted by atomic mass is 35.5. The summed E-state index contributed by atoms with van der Waals surface area (Å²) in [6.45, 7) is 0.792. The van der Waals surface area contributed by atoms with Gasteiger partial charge >= 0.3 is 0 Å². The van der Waals surface area contributed by atoms with E-state index in [1.165, 1.54) is 6.42 Å². The lowest BCUT2D eigenvalue weighted by Crippen LogP contribution is -2.48. The first-order chi connectivity index (χ1) is 13.6. The lowest BCUT2D eigenvalue weighted by atomic mass is 9.68. The van der Waals surface area contributed by atoms with Crippen molar-refractivity contribution in [3.8, 4) is 0 Å². The number of hydrogen-bond acceptors (Lipinski definition) is 4. The fourth-order valence-electron chi connectivity index (χ4n) is 4.90. The van der Waals surface area contributed by atoms with Gasteiger partial charge in [-0.2, -0.15) is 0 Å². The molecule has 1 aromatic carbocycles. The number of carbonyl (C=O) groups excluding carboxylic acids is 1. The van der Waals surface area contributed by atoms with Gasteiger partial charge in [-0.1, -0.05) is 54.8 Å². The number of carbonyl (C=O) groups is 1. The molecule has 2 heterocycles. The largest absolute Gasteiger partial charge is 0.332 e. The van der Waals surface area contributed by atoms with Crippen LogP contribution in [0.5, 0.6) is 0 Å². The van der Waals surface area contributed by atoms with Crippen molar-refractivity contribution in [2.75, 3.05) is 12.8 Å². The van der Waals surface area contributed by atoms with E-state index >= 15 is 0 Å². The van der Waals surface area contributed by atoms with Crippen LogP contribution in [0.3, 0.4) is 0 Å². The van der Waals surface area contributed by atoms with Gasteiger partial charge in [0, 0.05) is 18.6 Å². The van der Waals surface area contributed by atoms with Crippen molar-refractivity contribution < 1.29 is 4.79 Å². The van der Waals surface area contributed by atoms with Crippen LogP contribution < -0.4 is 0 Å². The Hall–Kier alpha value is -1.53. The van der Waals surface area contributed by atoms with Crippen molar-refractivity contribution in [2.45, 2.75) is 61.6 Å². The Morgan fingerprint density at radius 2 is 1.86 bits per heavy atom. The molecule has 2 aromatic rings. The minimum atomic E-state index is -0.438. The number of benzene rings is 1. The Morgan fingerprint density at radius 3 is 2.50 bits per heavy atom. The molecular weight excluding hydrogens is 392 g/mol. The summed E-state index contributed by atoms with van der Waals surface area (Å²) in [5.41, 5.74) is 0.668. The minimum Gasteiger partial charge on any atom is -0.332 e. The van der Waals surface area contributed by atoms with Crippen LogP contribution in [-0.4, -0.2) is 38.4 Å². The van der Waals surface area contributed by atoms with Crippen LogP contribution in [0.2, 0.25) is 5.02 Å². The molecule has 1 unspecified atom stereocenters. The molecule has 4 rings (SSSR count). The maximum Gasteiger partial charge on any atom is 0.233 e. The summed E-state index contributed by atoms with van der Waals surface area (Å²) in [4.78, 5) is 16.1. The second-order valence-electron chi connectivity index (χ2n) is 7.91. The van der Waals surface area contributed by atoms with Crippen LogP contribution in [0.1, 0.15) is 62.4 Å². The highest BCUT2D eigenvalue weighted by Gasteiger charge is 2.47. The summed E-state index contributed by atoms with van der Waals surface area (Å²) in [5, 5.41) is 10.3. The predicted molar refractivity (Wildman–Crippen MR) is 113 cm³/mol. The van der Waals surface area contributed by atoms with Crippen LogP contribution in [-0.2, 0) is 17.3 Å². The molecule has 0 N–H and O–H groups in total. The standard InChI is InChI=1S/C21H27ClN4OS/c1-25-18(23-24-20(25)28-2)17-7-6-14-26(17)19(27)21(12-4-3-5-13-21)15-8-10-16(22)11-9-15/h8-11,17H,3-7,12-14H2,1-2H3. The van der Waals surface area contributed by atoms with Gasteiger partial charge in [-0.3, -0.25) is 4.79 Å². The van der Waals surface area contributed by atoms with Crippen molar-refractivity contribution in [3.05, 3.63) is 40.7 Å². The highest BCUT2D eigenvalue weighted by molar-refractivity contribution is 7.98. The monoisotopic (exact) mass is 418 g/mol. The third kappa shape index (κ3) is 3.35. The van der Waals surface area contributed by atoms with Gasteiger partial charge in [0.2, 0.25) is 5.91 Å². The minimum absolute atomic E-state index is 0.0111. The number of amides is 1. The van der Waals surface area contributed by atoms with E-state index in [0.717, 1.165) is 61.6 Å². The molecule has 7 heteroatoms. The number of likely N-dealkylation sites (tertiary alicyclic amines) is 1. The fraction of sp³-hybridized carbons (Fsp3) is 0.571. The molecule has 2 aliphatic rings. The van der Waals surface area contributed by atoms with Gasteiger partial charge in [0.25, 0.3) is 0 Å². The molecule has 1 aliphatic carbocycles. The second-order valence-corrected chi connectivity index (χ2v) is 9.12. The average Bonchev–Trinajstić information content (AvgIpc) is 3.34. The number of hydrogen-bond donors (Lipinski definition) is 0. The molecule has 5 nitrogen and oxygen atoms in total. The average molecular weight is 419 g/mol. The molecule has 0 spiro atoms. The zero-order valence-corrected chi connectivity index (χ0v) is 18.1. The molecule has 0 radical (unpaired) electrons. The van der Waals surface area contributed by atoms with Crippen LogP contribution in [0.25, 0.3) is 0 Å². The molecule has 1 saturated carbocycles. The van der Waals surface area contributed by atoms with E-state index in [0.29, 0.717) is 5.02 Å². The van der Waals surface area contributed by atoms with E-state index in [-0.39, 0.29) is 11.9 Å². The number of aromatic nitrogens is 3. The first-order valence-electron chi connectivity index (χ1n) is 10.1. The van der Waals surface area contributed by atoms with Gasteiger partial charge in [-0.15, -0.1) is 10.2 Å². The summed E-state index contributed by atoms with van der Waals surface area (Å²) < 4.78 is 2.04. The van der Waals surface area contributed by atoms with Gasteiger partial charge in [0.15, 0.2) is 11.0 Å². The number of thioether (sulfide) groups is 1. The van der Waals surface area contributed by atoms with E-state index in [1.807, 2.05) is 42.1 Å². The van der Waals surface area contributed by atoms with Gasteiger partial charge < -0.3 is 9.47 Å². The van der Waals surface area contributed by atoms with Gasteiger partial charge in [-0.05, 0) is 49.6 Å².